The second-order valence-corrected chi connectivity index (χ2v) is 6.64. The first-order chi connectivity index (χ1) is 7.73. The lowest BCUT2D eigenvalue weighted by Gasteiger charge is -2.10. The zero-order valence-electron chi connectivity index (χ0n) is 11.9. The summed E-state index contributed by atoms with van der Waals surface area (Å²) in [4.78, 5) is 0. The summed E-state index contributed by atoms with van der Waals surface area (Å²) in [7, 11) is -3.22. The van der Waals surface area contributed by atoms with Crippen LogP contribution in [0.25, 0.3) is 0 Å². The third-order valence-corrected chi connectivity index (χ3v) is 4.19. The van der Waals surface area contributed by atoms with E-state index in [2.05, 4.69) is 0 Å². The first-order valence-electron chi connectivity index (χ1n) is 6.39. The van der Waals surface area contributed by atoms with E-state index in [1.54, 1.807) is 0 Å². The van der Waals surface area contributed by atoms with E-state index in [-0.39, 0.29) is 11.8 Å². The van der Waals surface area contributed by atoms with Gasteiger partial charge in [0.1, 0.15) is 0 Å². The van der Waals surface area contributed by atoms with Gasteiger partial charge in [-0.1, -0.05) is 52.7 Å². The first-order valence-corrected chi connectivity index (χ1v) is 8.00. The molecule has 0 spiro atoms. The summed E-state index contributed by atoms with van der Waals surface area (Å²) in [6, 6.07) is 0. The smallest absolute Gasteiger partial charge is 0.192 e. The molecule has 3 heteroatoms. The summed E-state index contributed by atoms with van der Waals surface area (Å²) in [5.74, 6) is 0.569. The fourth-order valence-electron chi connectivity index (χ4n) is 1.71. The molecule has 0 amide bonds. The fraction of sp³-hybridized carbons (Fsp3) is 0.714. The molecule has 0 fully saturated rings. The SMILES string of the molecule is CCC(=CS(=O)(=O)C=C(CC)C(C)C)C(C)C. The van der Waals surface area contributed by atoms with E-state index in [0.717, 1.165) is 24.0 Å². The van der Waals surface area contributed by atoms with Gasteiger partial charge in [0.2, 0.25) is 0 Å². The molecule has 0 aliphatic rings. The van der Waals surface area contributed by atoms with Gasteiger partial charge < -0.3 is 0 Å². The molecule has 0 heterocycles. The highest BCUT2D eigenvalue weighted by molar-refractivity contribution is 7.97. The molecule has 100 valence electrons. The van der Waals surface area contributed by atoms with Crippen molar-refractivity contribution in [3.8, 4) is 0 Å². The van der Waals surface area contributed by atoms with Gasteiger partial charge in [-0.3, -0.25) is 0 Å². The Bertz CT molecular complexity index is 352. The van der Waals surface area contributed by atoms with Gasteiger partial charge in [-0.15, -0.1) is 0 Å². The molecule has 0 radical (unpaired) electrons. The number of allylic oxidation sites excluding steroid dienone is 2. The molecule has 0 rings (SSSR count). The van der Waals surface area contributed by atoms with Crippen LogP contribution in [0.15, 0.2) is 22.0 Å². The van der Waals surface area contributed by atoms with Crippen LogP contribution in [-0.2, 0) is 9.84 Å². The standard InChI is InChI=1S/C14H26O2S/c1-7-13(11(3)4)9-17(15,16)10-14(8-2)12(5)6/h9-12H,7-8H2,1-6H3. The van der Waals surface area contributed by atoms with E-state index >= 15 is 0 Å². The quantitative estimate of drug-likeness (QED) is 0.711. The highest BCUT2D eigenvalue weighted by Crippen LogP contribution is 2.19. The second-order valence-electron chi connectivity index (χ2n) is 4.99. The molecule has 0 saturated carbocycles. The van der Waals surface area contributed by atoms with Crippen molar-refractivity contribution in [2.45, 2.75) is 54.4 Å². The summed E-state index contributed by atoms with van der Waals surface area (Å²) in [5, 5.41) is 2.88. The summed E-state index contributed by atoms with van der Waals surface area (Å²) < 4.78 is 24.1. The molecule has 0 saturated heterocycles. The monoisotopic (exact) mass is 258 g/mol. The van der Waals surface area contributed by atoms with Crippen molar-refractivity contribution in [2.75, 3.05) is 0 Å². The molecule has 0 aromatic carbocycles. The van der Waals surface area contributed by atoms with Crippen LogP contribution < -0.4 is 0 Å². The van der Waals surface area contributed by atoms with Gasteiger partial charge in [0.15, 0.2) is 9.84 Å². The molecule has 0 aromatic rings. The highest BCUT2D eigenvalue weighted by Gasteiger charge is 2.11. The summed E-state index contributed by atoms with van der Waals surface area (Å²) >= 11 is 0. The Hall–Kier alpha value is -0.570. The average Bonchev–Trinajstić information content (AvgIpc) is 2.22. The minimum absolute atomic E-state index is 0.285. The lowest BCUT2D eigenvalue weighted by atomic mass is 10.0. The van der Waals surface area contributed by atoms with Gasteiger partial charge in [-0.05, 0) is 24.7 Å². The minimum Gasteiger partial charge on any atom is -0.220 e. The van der Waals surface area contributed by atoms with Crippen LogP contribution in [-0.4, -0.2) is 8.42 Å². The van der Waals surface area contributed by atoms with Gasteiger partial charge in [-0.2, -0.15) is 0 Å². The fourth-order valence-corrected chi connectivity index (χ4v) is 3.50. The largest absolute Gasteiger partial charge is 0.220 e. The van der Waals surface area contributed by atoms with Gasteiger partial charge in [0.05, 0.1) is 0 Å². The topological polar surface area (TPSA) is 34.1 Å². The third kappa shape index (κ3) is 6.06. The number of rotatable bonds is 6. The predicted octanol–water partition coefficient (Wildman–Crippen LogP) is 4.30. The molecule has 0 aliphatic carbocycles. The van der Waals surface area contributed by atoms with E-state index < -0.39 is 9.84 Å². The minimum atomic E-state index is -3.22. The molecular weight excluding hydrogens is 232 g/mol. The van der Waals surface area contributed by atoms with Crippen molar-refractivity contribution in [3.05, 3.63) is 22.0 Å². The molecule has 0 bridgehead atoms. The molecule has 0 aliphatic heterocycles. The van der Waals surface area contributed by atoms with Crippen molar-refractivity contribution in [1.82, 2.24) is 0 Å². The summed E-state index contributed by atoms with van der Waals surface area (Å²) in [5.41, 5.74) is 1.97. The average molecular weight is 258 g/mol. The predicted molar refractivity (Wildman–Crippen MR) is 75.3 cm³/mol. The third-order valence-electron chi connectivity index (χ3n) is 2.93. The second kappa shape index (κ2) is 7.00. The van der Waals surface area contributed by atoms with E-state index in [1.807, 2.05) is 41.5 Å². The summed E-state index contributed by atoms with van der Waals surface area (Å²) in [6.07, 6.45) is 1.57. The zero-order valence-corrected chi connectivity index (χ0v) is 12.8. The van der Waals surface area contributed by atoms with Gasteiger partial charge >= 0.3 is 0 Å². The van der Waals surface area contributed by atoms with Crippen molar-refractivity contribution in [3.63, 3.8) is 0 Å². The molecule has 17 heavy (non-hydrogen) atoms. The van der Waals surface area contributed by atoms with Crippen LogP contribution in [0.2, 0.25) is 0 Å². The summed E-state index contributed by atoms with van der Waals surface area (Å²) in [6.45, 7) is 12.1. The molecule has 0 atom stereocenters. The Balaban J connectivity index is 5.30. The molecule has 2 nitrogen and oxygen atoms in total. The van der Waals surface area contributed by atoms with E-state index in [9.17, 15) is 8.42 Å². The van der Waals surface area contributed by atoms with Crippen molar-refractivity contribution in [1.29, 1.82) is 0 Å². The number of sulfone groups is 1. The Morgan fingerprint density at radius 2 is 1.18 bits per heavy atom. The van der Waals surface area contributed by atoms with Gasteiger partial charge in [-0.25, -0.2) is 8.42 Å². The van der Waals surface area contributed by atoms with Crippen LogP contribution in [0.4, 0.5) is 0 Å². The highest BCUT2D eigenvalue weighted by atomic mass is 32.2. The normalized spacial score (nSPS) is 14.8. The van der Waals surface area contributed by atoms with Crippen molar-refractivity contribution >= 4 is 9.84 Å². The van der Waals surface area contributed by atoms with Crippen molar-refractivity contribution in [2.24, 2.45) is 11.8 Å². The molecule has 0 unspecified atom stereocenters. The van der Waals surface area contributed by atoms with Gasteiger partial charge in [0, 0.05) is 10.8 Å². The van der Waals surface area contributed by atoms with E-state index in [1.165, 1.54) is 10.8 Å². The molecule has 0 N–H and O–H groups in total. The Kier molecular flexibility index (Phi) is 6.76. The first kappa shape index (κ1) is 16.4. The van der Waals surface area contributed by atoms with Crippen LogP contribution in [0.1, 0.15) is 54.4 Å². The van der Waals surface area contributed by atoms with E-state index in [4.69, 9.17) is 0 Å². The maximum Gasteiger partial charge on any atom is 0.192 e. The van der Waals surface area contributed by atoms with Crippen molar-refractivity contribution < 1.29 is 8.42 Å². The number of hydrogen-bond acceptors (Lipinski definition) is 2. The van der Waals surface area contributed by atoms with Crippen LogP contribution >= 0.6 is 0 Å². The molecule has 0 aromatic heterocycles. The zero-order chi connectivity index (χ0) is 13.6. The lowest BCUT2D eigenvalue weighted by Crippen LogP contribution is -2.01. The van der Waals surface area contributed by atoms with Crippen LogP contribution in [0.3, 0.4) is 0 Å². The Morgan fingerprint density at radius 1 is 0.882 bits per heavy atom. The number of hydrogen-bond donors (Lipinski definition) is 0. The van der Waals surface area contributed by atoms with Gasteiger partial charge in [0.25, 0.3) is 0 Å². The maximum atomic E-state index is 12.0. The molecular formula is C14H26O2S. The van der Waals surface area contributed by atoms with Crippen LogP contribution in [0, 0.1) is 11.8 Å². The lowest BCUT2D eigenvalue weighted by molar-refractivity contribution is 0.609. The van der Waals surface area contributed by atoms with Crippen LogP contribution in [0.5, 0.6) is 0 Å². The Labute approximate surface area is 107 Å². The van der Waals surface area contributed by atoms with E-state index in [0.29, 0.717) is 0 Å². The Morgan fingerprint density at radius 3 is 1.35 bits per heavy atom. The maximum absolute atomic E-state index is 12.0.